The summed E-state index contributed by atoms with van der Waals surface area (Å²) in [5.41, 5.74) is 19.9. The zero-order chi connectivity index (χ0) is 21.9. The summed E-state index contributed by atoms with van der Waals surface area (Å²) in [7, 11) is 2.30. The number of rotatable bonds is 0. The molecule has 0 spiro atoms. The Labute approximate surface area is 185 Å². The van der Waals surface area contributed by atoms with Gasteiger partial charge < -0.3 is 9.38 Å². The Morgan fingerprint density at radius 3 is 2.00 bits per heavy atom. The second-order valence-electron chi connectivity index (χ2n) is 9.72. The molecule has 0 N–H and O–H groups in total. The van der Waals surface area contributed by atoms with E-state index in [4.69, 9.17) is 0 Å². The molecule has 0 saturated carbocycles. The second-order valence-corrected chi connectivity index (χ2v) is 9.72. The van der Waals surface area contributed by atoms with E-state index in [2.05, 4.69) is 95.4 Å². The number of para-hydroxylation sites is 1. The fourth-order valence-corrected chi connectivity index (χ4v) is 6.42. The van der Waals surface area contributed by atoms with Crippen molar-refractivity contribution in [2.45, 2.75) is 48.5 Å². The highest BCUT2D eigenvalue weighted by molar-refractivity contribution is 6.92. The van der Waals surface area contributed by atoms with E-state index in [1.165, 1.54) is 83.3 Å². The maximum absolute atomic E-state index is 2.56. The van der Waals surface area contributed by atoms with Crippen LogP contribution in [-0.2, 0) is 0 Å². The first-order chi connectivity index (χ1) is 14.8. The Balaban J connectivity index is 1.91. The minimum absolute atomic E-state index is 0.238. The zero-order valence-corrected chi connectivity index (χ0v) is 19.9. The molecule has 0 aliphatic carbocycles. The van der Waals surface area contributed by atoms with Gasteiger partial charge in [-0.25, -0.2) is 0 Å². The molecular formula is C28H29BN2. The average molecular weight is 404 g/mol. The van der Waals surface area contributed by atoms with Crippen molar-refractivity contribution in [3.8, 4) is 16.8 Å². The van der Waals surface area contributed by atoms with Gasteiger partial charge in [0.1, 0.15) is 0 Å². The summed E-state index contributed by atoms with van der Waals surface area (Å²) >= 11 is 0. The minimum Gasteiger partial charge on any atom is -0.409 e. The highest BCUT2D eigenvalue weighted by atomic mass is 15.1. The Bertz CT molecular complexity index is 1470. The van der Waals surface area contributed by atoms with Gasteiger partial charge in [-0.05, 0) is 122 Å². The first-order valence-electron chi connectivity index (χ1n) is 11.3. The van der Waals surface area contributed by atoms with Gasteiger partial charge in [-0.3, -0.25) is 0 Å². The Morgan fingerprint density at radius 2 is 1.26 bits per heavy atom. The van der Waals surface area contributed by atoms with Gasteiger partial charge >= 0.3 is 6.85 Å². The van der Waals surface area contributed by atoms with Gasteiger partial charge in [0.25, 0.3) is 0 Å². The van der Waals surface area contributed by atoms with E-state index in [0.717, 1.165) is 0 Å². The minimum atomic E-state index is 0.238. The van der Waals surface area contributed by atoms with Crippen molar-refractivity contribution in [3.63, 3.8) is 0 Å². The summed E-state index contributed by atoms with van der Waals surface area (Å²) < 4.78 is 2.46. The number of hydrogen-bond acceptors (Lipinski definition) is 1. The highest BCUT2D eigenvalue weighted by Gasteiger charge is 2.43. The maximum Gasteiger partial charge on any atom is 0.328 e. The summed E-state index contributed by atoms with van der Waals surface area (Å²) in [4.78, 5) is 2.56. The van der Waals surface area contributed by atoms with Crippen LogP contribution >= 0.6 is 0 Å². The quantitative estimate of drug-likeness (QED) is 0.360. The summed E-state index contributed by atoms with van der Waals surface area (Å²) in [5, 5.41) is 1.33. The van der Waals surface area contributed by atoms with Crippen LogP contribution in [0.25, 0.3) is 27.7 Å². The topological polar surface area (TPSA) is 8.17 Å². The Kier molecular flexibility index (Phi) is 3.55. The largest absolute Gasteiger partial charge is 0.409 e. The molecule has 2 nitrogen and oxygen atoms in total. The van der Waals surface area contributed by atoms with E-state index in [0.29, 0.717) is 0 Å². The van der Waals surface area contributed by atoms with E-state index in [1.54, 1.807) is 0 Å². The third-order valence-electron chi connectivity index (χ3n) is 8.58. The zero-order valence-electron chi connectivity index (χ0n) is 19.9. The molecule has 2 aliphatic rings. The molecular weight excluding hydrogens is 375 g/mol. The molecule has 0 unspecified atom stereocenters. The van der Waals surface area contributed by atoms with Crippen LogP contribution in [0.2, 0.25) is 0 Å². The van der Waals surface area contributed by atoms with Gasteiger partial charge in [0, 0.05) is 28.7 Å². The smallest absolute Gasteiger partial charge is 0.328 e. The number of benzene rings is 3. The molecule has 0 fully saturated rings. The summed E-state index contributed by atoms with van der Waals surface area (Å²) in [6.45, 7) is 16.4. The van der Waals surface area contributed by atoms with Gasteiger partial charge in [-0.1, -0.05) is 18.2 Å². The number of hydrogen-bond donors (Lipinski definition) is 0. The molecule has 0 amide bonds. The van der Waals surface area contributed by atoms with Gasteiger partial charge in [-0.2, -0.15) is 0 Å². The van der Waals surface area contributed by atoms with Gasteiger partial charge in [0.2, 0.25) is 0 Å². The lowest BCUT2D eigenvalue weighted by molar-refractivity contribution is 1.08. The Hall–Kier alpha value is -2.94. The van der Waals surface area contributed by atoms with Crippen molar-refractivity contribution in [2.24, 2.45) is 0 Å². The van der Waals surface area contributed by atoms with Crippen molar-refractivity contribution in [1.29, 1.82) is 0 Å². The Morgan fingerprint density at radius 1 is 0.645 bits per heavy atom. The number of anilines is 1. The van der Waals surface area contributed by atoms with Crippen LogP contribution < -0.4 is 15.7 Å². The lowest BCUT2D eigenvalue weighted by Gasteiger charge is -2.43. The van der Waals surface area contributed by atoms with Crippen LogP contribution in [0.3, 0.4) is 0 Å². The first-order valence-corrected chi connectivity index (χ1v) is 11.3. The molecule has 0 saturated heterocycles. The van der Waals surface area contributed by atoms with Crippen molar-refractivity contribution in [2.75, 3.05) is 11.9 Å². The average Bonchev–Trinajstić information content (AvgIpc) is 3.19. The van der Waals surface area contributed by atoms with Crippen molar-refractivity contribution in [1.82, 2.24) is 4.57 Å². The fraction of sp³-hybridized carbons (Fsp3) is 0.286. The normalized spacial score (nSPS) is 13.7. The van der Waals surface area contributed by atoms with Crippen LogP contribution in [0.5, 0.6) is 0 Å². The van der Waals surface area contributed by atoms with Crippen LogP contribution in [0.4, 0.5) is 5.69 Å². The van der Waals surface area contributed by atoms with Gasteiger partial charge in [0.15, 0.2) is 0 Å². The monoisotopic (exact) mass is 404 g/mol. The van der Waals surface area contributed by atoms with E-state index < -0.39 is 0 Å². The lowest BCUT2D eigenvalue weighted by atomic mass is 9.43. The molecule has 2 aliphatic heterocycles. The third kappa shape index (κ3) is 2.01. The molecule has 3 aromatic carbocycles. The van der Waals surface area contributed by atoms with E-state index >= 15 is 0 Å². The second kappa shape index (κ2) is 5.85. The SMILES string of the molecule is Cc1c(C)c(C)c2c(c1C)-c1c(C)c(C)c(C)c3c1B(c1cccc4ccn-3c14)N2C. The van der Waals surface area contributed by atoms with Crippen LogP contribution in [0, 0.1) is 48.5 Å². The molecule has 0 radical (unpaired) electrons. The molecule has 4 aromatic rings. The van der Waals surface area contributed by atoms with Crippen molar-refractivity contribution in [3.05, 3.63) is 69.4 Å². The molecule has 3 heterocycles. The maximum atomic E-state index is 2.56. The number of fused-ring (bicyclic) bond motifs is 4. The molecule has 6 rings (SSSR count). The predicted octanol–water partition coefficient (Wildman–Crippen LogP) is 5.33. The molecule has 154 valence electrons. The summed E-state index contributed by atoms with van der Waals surface area (Å²) in [6.07, 6.45) is 2.27. The molecule has 3 heteroatoms. The summed E-state index contributed by atoms with van der Waals surface area (Å²) in [6, 6.07) is 9.08. The fourth-order valence-electron chi connectivity index (χ4n) is 6.42. The van der Waals surface area contributed by atoms with Crippen molar-refractivity contribution >= 4 is 34.4 Å². The highest BCUT2D eigenvalue weighted by Crippen LogP contribution is 2.47. The van der Waals surface area contributed by atoms with Gasteiger partial charge in [0.05, 0.1) is 0 Å². The molecule has 1 aromatic heterocycles. The van der Waals surface area contributed by atoms with E-state index in [1.807, 2.05) is 0 Å². The lowest BCUT2D eigenvalue weighted by Crippen LogP contribution is -2.61. The van der Waals surface area contributed by atoms with Crippen LogP contribution in [0.1, 0.15) is 38.9 Å². The van der Waals surface area contributed by atoms with Crippen LogP contribution in [-0.4, -0.2) is 18.5 Å². The third-order valence-corrected chi connectivity index (χ3v) is 8.58. The first kappa shape index (κ1) is 18.8. The number of aromatic nitrogens is 1. The predicted molar refractivity (Wildman–Crippen MR) is 135 cm³/mol. The van der Waals surface area contributed by atoms with Crippen molar-refractivity contribution < 1.29 is 0 Å². The molecule has 0 bridgehead atoms. The van der Waals surface area contributed by atoms with Gasteiger partial charge in [-0.15, -0.1) is 0 Å². The van der Waals surface area contributed by atoms with E-state index in [9.17, 15) is 0 Å². The standard InChI is InChI=1S/C28H29BN2/c1-14-15(2)19(6)26-24(18(14)5)23-17(4)16(3)20(7)27-25(23)29(30(26)8)22-11-9-10-21-12-13-31(27)28(21)22/h9-13H,1-8H3. The van der Waals surface area contributed by atoms with E-state index in [-0.39, 0.29) is 6.85 Å². The number of nitrogens with zero attached hydrogens (tertiary/aromatic N) is 2. The van der Waals surface area contributed by atoms with Crippen LogP contribution in [0.15, 0.2) is 30.5 Å². The summed E-state index contributed by atoms with van der Waals surface area (Å²) in [5.74, 6) is 0. The molecule has 31 heavy (non-hydrogen) atoms. The molecule has 0 atom stereocenters.